The van der Waals surface area contributed by atoms with Crippen LogP contribution in [0.1, 0.15) is 0 Å². The molecule has 0 radical (unpaired) electrons. The maximum absolute atomic E-state index is 13.4. The first-order valence-corrected chi connectivity index (χ1v) is 6.30. The van der Waals surface area contributed by atoms with Crippen molar-refractivity contribution in [2.75, 3.05) is 12.5 Å². The van der Waals surface area contributed by atoms with Gasteiger partial charge >= 0.3 is 0 Å². The van der Waals surface area contributed by atoms with Gasteiger partial charge in [0.15, 0.2) is 0 Å². The van der Waals surface area contributed by atoms with Gasteiger partial charge in [-0.25, -0.2) is 17.5 Å². The predicted octanol–water partition coefficient (Wildman–Crippen LogP) is 0.549. The van der Waals surface area contributed by atoms with E-state index >= 15 is 0 Å². The van der Waals surface area contributed by atoms with Gasteiger partial charge in [-0.05, 0) is 25.2 Å². The Morgan fingerprint density at radius 3 is 2.53 bits per heavy atom. The molecule has 0 aliphatic rings. The van der Waals surface area contributed by atoms with E-state index in [1.54, 1.807) is 0 Å². The minimum Gasteiger partial charge on any atom is -0.273 e. The summed E-state index contributed by atoms with van der Waals surface area (Å²) >= 11 is 0. The van der Waals surface area contributed by atoms with E-state index in [1.807, 2.05) is 0 Å². The highest BCUT2D eigenvalue weighted by molar-refractivity contribution is 7.89. The number of nitrogens with zero attached hydrogens (tertiary/aromatic N) is 3. The minimum atomic E-state index is -3.72. The number of halogens is 1. The summed E-state index contributed by atoms with van der Waals surface area (Å²) in [6.07, 6.45) is 0. The van der Waals surface area contributed by atoms with Crippen molar-refractivity contribution in [2.24, 2.45) is 5.10 Å². The average Bonchev–Trinajstić information content (AvgIpc) is 2.41. The molecule has 7 nitrogen and oxygen atoms in total. The van der Waals surface area contributed by atoms with Crippen LogP contribution in [0.3, 0.4) is 0 Å². The third-order valence-corrected chi connectivity index (χ3v) is 3.43. The monoisotopic (exact) mass is 281 g/mol. The number of nitriles is 2. The van der Waals surface area contributed by atoms with Crippen LogP contribution < -0.4 is 10.1 Å². The summed E-state index contributed by atoms with van der Waals surface area (Å²) in [6, 6.07) is 5.94. The lowest BCUT2D eigenvalue weighted by atomic mass is 10.3. The summed E-state index contributed by atoms with van der Waals surface area (Å²) < 4.78 is 38.5. The van der Waals surface area contributed by atoms with Gasteiger partial charge < -0.3 is 0 Å². The highest BCUT2D eigenvalue weighted by Crippen LogP contribution is 2.19. The van der Waals surface area contributed by atoms with Crippen LogP contribution >= 0.6 is 0 Å². The van der Waals surface area contributed by atoms with Crippen LogP contribution in [0.15, 0.2) is 28.2 Å². The molecule has 0 saturated carbocycles. The molecule has 0 aliphatic carbocycles. The summed E-state index contributed by atoms with van der Waals surface area (Å²) in [6.45, 7) is 0. The maximum Gasteiger partial charge on any atom is 0.240 e. The fraction of sp³-hybridized carbons (Fsp3) is 0.100. The van der Waals surface area contributed by atoms with Gasteiger partial charge in [-0.3, -0.25) is 5.43 Å². The first-order chi connectivity index (χ1) is 8.94. The SMILES string of the molecule is CNS(=O)(=O)c1ccc(F)c(NN=C(C#N)C#N)c1. The Kier molecular flexibility index (Phi) is 4.53. The van der Waals surface area contributed by atoms with Crippen LogP contribution in [0.25, 0.3) is 0 Å². The number of rotatable bonds is 4. The van der Waals surface area contributed by atoms with Crippen LogP contribution in [0.4, 0.5) is 10.1 Å². The zero-order chi connectivity index (χ0) is 14.5. The molecule has 1 rings (SSSR count). The lowest BCUT2D eigenvalue weighted by Gasteiger charge is -2.06. The van der Waals surface area contributed by atoms with E-state index in [1.165, 1.54) is 19.2 Å². The molecule has 1 aromatic rings. The number of nitrogens with one attached hydrogen (secondary N) is 2. The predicted molar refractivity (Wildman–Crippen MR) is 64.9 cm³/mol. The fourth-order valence-electron chi connectivity index (χ4n) is 1.07. The number of anilines is 1. The van der Waals surface area contributed by atoms with Crippen LogP contribution in [0.2, 0.25) is 0 Å². The van der Waals surface area contributed by atoms with Crippen molar-refractivity contribution in [1.82, 2.24) is 4.72 Å². The number of hydrazone groups is 1. The molecule has 0 unspecified atom stereocenters. The Balaban J connectivity index is 3.18. The lowest BCUT2D eigenvalue weighted by molar-refractivity contribution is 0.587. The van der Waals surface area contributed by atoms with Crippen molar-refractivity contribution >= 4 is 21.4 Å². The van der Waals surface area contributed by atoms with Gasteiger partial charge in [0.05, 0.1) is 10.6 Å². The molecular formula is C10H8FN5O2S. The molecule has 1 aromatic carbocycles. The fourth-order valence-corrected chi connectivity index (χ4v) is 1.82. The molecule has 19 heavy (non-hydrogen) atoms. The van der Waals surface area contributed by atoms with Crippen LogP contribution in [0.5, 0.6) is 0 Å². The Hall–Kier alpha value is -2.49. The van der Waals surface area contributed by atoms with E-state index in [4.69, 9.17) is 10.5 Å². The second kappa shape index (κ2) is 5.91. The van der Waals surface area contributed by atoms with E-state index in [9.17, 15) is 12.8 Å². The van der Waals surface area contributed by atoms with E-state index in [0.29, 0.717) is 0 Å². The van der Waals surface area contributed by atoms with Crippen molar-refractivity contribution in [2.45, 2.75) is 4.90 Å². The van der Waals surface area contributed by atoms with Gasteiger partial charge in [0.25, 0.3) is 0 Å². The van der Waals surface area contributed by atoms with Gasteiger partial charge in [0.1, 0.15) is 18.0 Å². The smallest absolute Gasteiger partial charge is 0.240 e. The maximum atomic E-state index is 13.4. The van der Waals surface area contributed by atoms with Gasteiger partial charge in [0, 0.05) is 0 Å². The minimum absolute atomic E-state index is 0.176. The van der Waals surface area contributed by atoms with Crippen molar-refractivity contribution in [3.63, 3.8) is 0 Å². The molecule has 0 atom stereocenters. The second-order valence-corrected chi connectivity index (χ2v) is 5.03. The Morgan fingerprint density at radius 2 is 2.00 bits per heavy atom. The lowest BCUT2D eigenvalue weighted by Crippen LogP contribution is -2.18. The highest BCUT2D eigenvalue weighted by Gasteiger charge is 2.14. The van der Waals surface area contributed by atoms with Crippen LogP contribution in [0, 0.1) is 28.5 Å². The summed E-state index contributed by atoms with van der Waals surface area (Å²) in [5, 5.41) is 20.2. The zero-order valence-corrected chi connectivity index (χ0v) is 10.5. The normalized spacial score (nSPS) is 10.1. The van der Waals surface area contributed by atoms with Crippen molar-refractivity contribution < 1.29 is 12.8 Å². The standard InChI is InChI=1S/C10H8FN5O2S/c1-14-19(17,18)8-2-3-9(11)10(4-8)16-15-7(5-12)6-13/h2-4,14,16H,1H3. The average molecular weight is 281 g/mol. The molecule has 0 fully saturated rings. The Bertz CT molecular complexity index is 684. The van der Waals surface area contributed by atoms with E-state index < -0.39 is 21.6 Å². The van der Waals surface area contributed by atoms with Gasteiger partial charge in [-0.2, -0.15) is 15.6 Å². The molecule has 0 bridgehead atoms. The number of hydrogen-bond donors (Lipinski definition) is 2. The van der Waals surface area contributed by atoms with Gasteiger partial charge in [-0.1, -0.05) is 0 Å². The molecular weight excluding hydrogens is 273 g/mol. The molecule has 0 spiro atoms. The highest BCUT2D eigenvalue weighted by atomic mass is 32.2. The molecule has 0 saturated heterocycles. The molecule has 2 N–H and O–H groups in total. The summed E-state index contributed by atoms with van der Waals surface area (Å²) in [5.74, 6) is -0.769. The summed E-state index contributed by atoms with van der Waals surface area (Å²) in [5.41, 5.74) is 1.35. The van der Waals surface area contributed by atoms with Gasteiger partial charge in [0.2, 0.25) is 15.7 Å². The van der Waals surface area contributed by atoms with E-state index in [2.05, 4.69) is 15.2 Å². The van der Waals surface area contributed by atoms with Gasteiger partial charge in [-0.15, -0.1) is 0 Å². The quantitative estimate of drug-likeness (QED) is 0.617. The molecule has 0 aliphatic heterocycles. The molecule has 9 heteroatoms. The van der Waals surface area contributed by atoms with Crippen molar-refractivity contribution in [1.29, 1.82) is 10.5 Å². The van der Waals surface area contributed by atoms with Crippen LogP contribution in [-0.2, 0) is 10.0 Å². The Morgan fingerprint density at radius 1 is 1.37 bits per heavy atom. The largest absolute Gasteiger partial charge is 0.273 e. The number of hydrogen-bond acceptors (Lipinski definition) is 6. The molecule has 0 aromatic heterocycles. The van der Waals surface area contributed by atoms with Crippen molar-refractivity contribution in [3.8, 4) is 12.1 Å². The Labute approximate surface area is 109 Å². The first-order valence-electron chi connectivity index (χ1n) is 4.81. The zero-order valence-electron chi connectivity index (χ0n) is 9.68. The third-order valence-electron chi connectivity index (χ3n) is 2.02. The topological polar surface area (TPSA) is 118 Å². The molecule has 0 amide bonds. The number of benzene rings is 1. The number of sulfonamides is 1. The second-order valence-electron chi connectivity index (χ2n) is 3.15. The summed E-state index contributed by atoms with van der Waals surface area (Å²) in [7, 11) is -2.51. The van der Waals surface area contributed by atoms with Crippen LogP contribution in [-0.4, -0.2) is 21.2 Å². The molecule has 98 valence electrons. The van der Waals surface area contributed by atoms with Crippen molar-refractivity contribution in [3.05, 3.63) is 24.0 Å². The van der Waals surface area contributed by atoms with E-state index in [0.717, 1.165) is 18.2 Å². The first kappa shape index (κ1) is 14.6. The summed E-state index contributed by atoms with van der Waals surface area (Å²) in [4.78, 5) is -0.176. The third kappa shape index (κ3) is 3.48. The molecule has 0 heterocycles. The van der Waals surface area contributed by atoms with E-state index in [-0.39, 0.29) is 10.6 Å².